The standard InChI is InChI=1S/C20H17N3OS/c1-14-19(20(24)23-17-9-5-8-16(12-17)13-21)25-18(22-14)11-10-15-6-3-2-4-7-15/h2-9,12H,10-11H2,1H3,(H,23,24). The number of nitrogens with zero attached hydrogens (tertiary/aromatic N) is 2. The van der Waals surface area contributed by atoms with Crippen LogP contribution in [0.2, 0.25) is 0 Å². The zero-order chi connectivity index (χ0) is 17.6. The summed E-state index contributed by atoms with van der Waals surface area (Å²) < 4.78 is 0. The molecule has 0 fully saturated rings. The molecule has 0 aliphatic heterocycles. The van der Waals surface area contributed by atoms with Gasteiger partial charge in [0, 0.05) is 12.1 Å². The average Bonchev–Trinajstić information content (AvgIpc) is 3.02. The van der Waals surface area contributed by atoms with Crippen molar-refractivity contribution in [2.24, 2.45) is 0 Å². The number of anilines is 1. The van der Waals surface area contributed by atoms with E-state index in [1.807, 2.05) is 25.1 Å². The smallest absolute Gasteiger partial charge is 0.267 e. The lowest BCUT2D eigenvalue weighted by molar-refractivity contribution is 0.103. The third-order valence-electron chi connectivity index (χ3n) is 3.77. The molecule has 3 rings (SSSR count). The average molecular weight is 347 g/mol. The van der Waals surface area contributed by atoms with Gasteiger partial charge >= 0.3 is 0 Å². The molecule has 0 radical (unpaired) electrons. The summed E-state index contributed by atoms with van der Waals surface area (Å²) >= 11 is 1.43. The number of rotatable bonds is 5. The van der Waals surface area contributed by atoms with Gasteiger partial charge in [-0.05, 0) is 37.1 Å². The molecule has 4 nitrogen and oxygen atoms in total. The Kier molecular flexibility index (Phi) is 5.22. The predicted octanol–water partition coefficient (Wildman–Crippen LogP) is 4.36. The van der Waals surface area contributed by atoms with Gasteiger partial charge in [0.15, 0.2) is 0 Å². The summed E-state index contributed by atoms with van der Waals surface area (Å²) in [6.07, 6.45) is 1.71. The van der Waals surface area contributed by atoms with Gasteiger partial charge < -0.3 is 5.32 Å². The molecule has 1 N–H and O–H groups in total. The molecule has 0 saturated carbocycles. The first kappa shape index (κ1) is 16.9. The maximum atomic E-state index is 12.5. The number of carbonyl (C=O) groups is 1. The third kappa shape index (κ3) is 4.31. The maximum Gasteiger partial charge on any atom is 0.267 e. The molecule has 2 aromatic carbocycles. The molecule has 1 heterocycles. The van der Waals surface area contributed by atoms with Crippen LogP contribution in [-0.4, -0.2) is 10.9 Å². The molecular weight excluding hydrogens is 330 g/mol. The second-order valence-electron chi connectivity index (χ2n) is 5.65. The minimum Gasteiger partial charge on any atom is -0.321 e. The van der Waals surface area contributed by atoms with Gasteiger partial charge in [-0.1, -0.05) is 36.4 Å². The van der Waals surface area contributed by atoms with Crippen LogP contribution in [0.5, 0.6) is 0 Å². The first-order chi connectivity index (χ1) is 12.2. The van der Waals surface area contributed by atoms with E-state index in [9.17, 15) is 4.79 Å². The number of nitrogens with one attached hydrogen (secondary N) is 1. The Morgan fingerprint density at radius 2 is 1.96 bits per heavy atom. The number of amides is 1. The normalized spacial score (nSPS) is 10.2. The summed E-state index contributed by atoms with van der Waals surface area (Å²) in [4.78, 5) is 17.6. The lowest BCUT2D eigenvalue weighted by Crippen LogP contribution is -2.11. The van der Waals surface area contributed by atoms with Crippen molar-refractivity contribution in [1.82, 2.24) is 4.98 Å². The Labute approximate surface area is 150 Å². The van der Waals surface area contributed by atoms with Crippen molar-refractivity contribution in [2.45, 2.75) is 19.8 Å². The number of benzene rings is 2. The predicted molar refractivity (Wildman–Crippen MR) is 99.8 cm³/mol. The van der Waals surface area contributed by atoms with Crippen LogP contribution in [-0.2, 0) is 12.8 Å². The SMILES string of the molecule is Cc1nc(CCc2ccccc2)sc1C(=O)Nc1cccc(C#N)c1. The molecule has 25 heavy (non-hydrogen) atoms. The number of aryl methyl sites for hydroxylation is 3. The lowest BCUT2D eigenvalue weighted by Gasteiger charge is -2.04. The molecule has 0 aliphatic rings. The van der Waals surface area contributed by atoms with Gasteiger partial charge in [-0.15, -0.1) is 11.3 Å². The van der Waals surface area contributed by atoms with Gasteiger partial charge in [-0.25, -0.2) is 4.98 Å². The van der Waals surface area contributed by atoms with E-state index in [0.29, 0.717) is 16.1 Å². The van der Waals surface area contributed by atoms with Crippen molar-refractivity contribution in [3.05, 3.63) is 81.3 Å². The van der Waals surface area contributed by atoms with Crippen LogP contribution in [0.4, 0.5) is 5.69 Å². The number of hydrogen-bond acceptors (Lipinski definition) is 4. The largest absolute Gasteiger partial charge is 0.321 e. The van der Waals surface area contributed by atoms with Crippen molar-refractivity contribution < 1.29 is 4.79 Å². The third-order valence-corrected chi connectivity index (χ3v) is 4.98. The van der Waals surface area contributed by atoms with Crippen molar-refractivity contribution in [3.8, 4) is 6.07 Å². The molecule has 3 aromatic rings. The number of aromatic nitrogens is 1. The number of hydrogen-bond donors (Lipinski definition) is 1. The fourth-order valence-corrected chi connectivity index (χ4v) is 3.48. The van der Waals surface area contributed by atoms with E-state index in [2.05, 4.69) is 28.5 Å². The van der Waals surface area contributed by atoms with Gasteiger partial charge in [0.25, 0.3) is 5.91 Å². The zero-order valence-electron chi connectivity index (χ0n) is 13.8. The monoisotopic (exact) mass is 347 g/mol. The second kappa shape index (κ2) is 7.73. The van der Waals surface area contributed by atoms with Crippen molar-refractivity contribution in [3.63, 3.8) is 0 Å². The first-order valence-electron chi connectivity index (χ1n) is 7.97. The van der Waals surface area contributed by atoms with E-state index < -0.39 is 0 Å². The summed E-state index contributed by atoms with van der Waals surface area (Å²) in [5.74, 6) is -0.184. The maximum absolute atomic E-state index is 12.5. The highest BCUT2D eigenvalue weighted by molar-refractivity contribution is 7.13. The van der Waals surface area contributed by atoms with Gasteiger partial charge in [0.05, 0.1) is 22.3 Å². The van der Waals surface area contributed by atoms with Crippen LogP contribution < -0.4 is 5.32 Å². The van der Waals surface area contributed by atoms with Crippen LogP contribution in [0.1, 0.15) is 31.5 Å². The highest BCUT2D eigenvalue weighted by atomic mass is 32.1. The summed E-state index contributed by atoms with van der Waals surface area (Å²) in [7, 11) is 0. The molecule has 0 unspecified atom stereocenters. The van der Waals surface area contributed by atoms with Crippen LogP contribution in [0, 0.1) is 18.3 Å². The number of thiazole rings is 1. The van der Waals surface area contributed by atoms with Crippen LogP contribution >= 0.6 is 11.3 Å². The summed E-state index contributed by atoms with van der Waals surface area (Å²) in [6, 6.07) is 19.2. The molecule has 1 amide bonds. The lowest BCUT2D eigenvalue weighted by atomic mass is 10.1. The van der Waals surface area contributed by atoms with Gasteiger partial charge in [0.1, 0.15) is 4.88 Å². The van der Waals surface area contributed by atoms with Crippen LogP contribution in [0.3, 0.4) is 0 Å². The van der Waals surface area contributed by atoms with E-state index in [-0.39, 0.29) is 5.91 Å². The second-order valence-corrected chi connectivity index (χ2v) is 6.74. The molecule has 0 saturated heterocycles. The highest BCUT2D eigenvalue weighted by Gasteiger charge is 2.15. The van der Waals surface area contributed by atoms with E-state index in [0.717, 1.165) is 23.5 Å². The molecule has 0 spiro atoms. The van der Waals surface area contributed by atoms with Gasteiger partial charge in [0.2, 0.25) is 0 Å². The van der Waals surface area contributed by atoms with Gasteiger partial charge in [-0.3, -0.25) is 4.79 Å². The van der Waals surface area contributed by atoms with Crippen molar-refractivity contribution in [1.29, 1.82) is 5.26 Å². The minimum atomic E-state index is -0.184. The number of nitriles is 1. The van der Waals surface area contributed by atoms with Gasteiger partial charge in [-0.2, -0.15) is 5.26 Å². The molecule has 1 aromatic heterocycles. The zero-order valence-corrected chi connectivity index (χ0v) is 14.6. The Hall–Kier alpha value is -2.97. The minimum absolute atomic E-state index is 0.184. The first-order valence-corrected chi connectivity index (χ1v) is 8.79. The van der Waals surface area contributed by atoms with E-state index in [4.69, 9.17) is 5.26 Å². The molecule has 0 atom stereocenters. The molecule has 0 aliphatic carbocycles. The Bertz CT molecular complexity index is 926. The Morgan fingerprint density at radius 3 is 2.72 bits per heavy atom. The topological polar surface area (TPSA) is 65.8 Å². The van der Waals surface area contributed by atoms with E-state index in [1.165, 1.54) is 16.9 Å². The summed E-state index contributed by atoms with van der Waals surface area (Å²) in [5.41, 5.74) is 3.13. The van der Waals surface area contributed by atoms with Crippen molar-refractivity contribution >= 4 is 22.9 Å². The Balaban J connectivity index is 1.69. The fraction of sp³-hybridized carbons (Fsp3) is 0.150. The Morgan fingerprint density at radius 1 is 1.16 bits per heavy atom. The van der Waals surface area contributed by atoms with E-state index >= 15 is 0 Å². The summed E-state index contributed by atoms with van der Waals surface area (Å²) in [6.45, 7) is 1.85. The van der Waals surface area contributed by atoms with E-state index in [1.54, 1.807) is 24.3 Å². The van der Waals surface area contributed by atoms with Crippen LogP contribution in [0.25, 0.3) is 0 Å². The fourth-order valence-electron chi connectivity index (χ4n) is 2.52. The molecule has 124 valence electrons. The van der Waals surface area contributed by atoms with Crippen molar-refractivity contribution in [2.75, 3.05) is 5.32 Å². The molecule has 5 heteroatoms. The number of carbonyl (C=O) groups excluding carboxylic acids is 1. The molecule has 0 bridgehead atoms. The van der Waals surface area contributed by atoms with Crippen LogP contribution in [0.15, 0.2) is 54.6 Å². The molecular formula is C20H17N3OS. The summed E-state index contributed by atoms with van der Waals surface area (Å²) in [5, 5.41) is 12.7. The quantitative estimate of drug-likeness (QED) is 0.746. The highest BCUT2D eigenvalue weighted by Crippen LogP contribution is 2.21.